The number of fused-ring (bicyclic) bond motifs is 1. The minimum Gasteiger partial charge on any atom is -0.465 e. The van der Waals surface area contributed by atoms with E-state index < -0.39 is 17.9 Å². The maximum Gasteiger partial charge on any atom is 0.321 e. The van der Waals surface area contributed by atoms with Crippen LogP contribution in [0.15, 0.2) is 54.3 Å². The second-order valence-electron chi connectivity index (χ2n) is 5.94. The van der Waals surface area contributed by atoms with Gasteiger partial charge in [-0.15, -0.1) is 0 Å². The molecule has 0 fully saturated rings. The van der Waals surface area contributed by atoms with Crippen LogP contribution in [-0.2, 0) is 19.1 Å². The van der Waals surface area contributed by atoms with E-state index in [1.165, 1.54) is 6.92 Å². The third kappa shape index (κ3) is 3.20. The van der Waals surface area contributed by atoms with Crippen LogP contribution in [0.5, 0.6) is 0 Å². The molecule has 0 radical (unpaired) electrons. The summed E-state index contributed by atoms with van der Waals surface area (Å²) in [5.74, 6) is -1.18. The third-order valence-electron chi connectivity index (χ3n) is 4.28. The van der Waals surface area contributed by atoms with Crippen molar-refractivity contribution in [3.8, 4) is 11.1 Å². The summed E-state index contributed by atoms with van der Waals surface area (Å²) in [6.07, 6.45) is 0. The predicted octanol–water partition coefficient (Wildman–Crippen LogP) is 4.31. The van der Waals surface area contributed by atoms with Crippen LogP contribution < -0.4 is 0 Å². The smallest absolute Gasteiger partial charge is 0.321 e. The van der Waals surface area contributed by atoms with Gasteiger partial charge in [-0.2, -0.15) is 0 Å². The van der Waals surface area contributed by atoms with Gasteiger partial charge in [0.2, 0.25) is 0 Å². The lowest BCUT2D eigenvalue weighted by Gasteiger charge is -2.15. The van der Waals surface area contributed by atoms with Gasteiger partial charge in [0.25, 0.3) is 0 Å². The SMILES string of the molecule is CCOC(=O)C1C(OC(C)=O)=C(C)c2ccc(-c3ccccc3)cc21. The number of carbonyl (C=O) groups is 2. The van der Waals surface area contributed by atoms with Gasteiger partial charge in [0, 0.05) is 6.92 Å². The van der Waals surface area contributed by atoms with Crippen LogP contribution in [0.2, 0.25) is 0 Å². The van der Waals surface area contributed by atoms with Crippen LogP contribution >= 0.6 is 0 Å². The van der Waals surface area contributed by atoms with Crippen LogP contribution in [0.4, 0.5) is 0 Å². The zero-order valence-corrected chi connectivity index (χ0v) is 14.5. The number of rotatable bonds is 4. The first-order valence-electron chi connectivity index (χ1n) is 8.28. The Morgan fingerprint density at radius 3 is 2.40 bits per heavy atom. The molecular formula is C21H20O4. The molecule has 3 rings (SSSR count). The van der Waals surface area contributed by atoms with E-state index in [4.69, 9.17) is 9.47 Å². The molecule has 128 valence electrons. The molecule has 25 heavy (non-hydrogen) atoms. The second kappa shape index (κ2) is 6.93. The molecule has 0 bridgehead atoms. The Morgan fingerprint density at radius 2 is 1.76 bits per heavy atom. The summed E-state index contributed by atoms with van der Waals surface area (Å²) in [5, 5.41) is 0. The number of esters is 2. The molecule has 0 spiro atoms. The Balaban J connectivity index is 2.09. The molecule has 1 unspecified atom stereocenters. The number of carbonyl (C=O) groups excluding carboxylic acids is 2. The first-order chi connectivity index (χ1) is 12.0. The van der Waals surface area contributed by atoms with E-state index in [1.807, 2.05) is 55.5 Å². The minimum absolute atomic E-state index is 0.273. The van der Waals surface area contributed by atoms with E-state index >= 15 is 0 Å². The van der Waals surface area contributed by atoms with Gasteiger partial charge in [-0.05, 0) is 47.7 Å². The van der Waals surface area contributed by atoms with Gasteiger partial charge in [-0.3, -0.25) is 9.59 Å². The summed E-state index contributed by atoms with van der Waals surface area (Å²) in [6.45, 7) is 5.23. The van der Waals surface area contributed by atoms with E-state index in [9.17, 15) is 9.59 Å². The van der Waals surface area contributed by atoms with Crippen LogP contribution in [0.1, 0.15) is 37.8 Å². The summed E-state index contributed by atoms with van der Waals surface area (Å²) < 4.78 is 10.6. The van der Waals surface area contributed by atoms with E-state index in [0.717, 1.165) is 27.8 Å². The number of allylic oxidation sites excluding steroid dienone is 1. The van der Waals surface area contributed by atoms with Gasteiger partial charge in [0.15, 0.2) is 0 Å². The normalized spacial score (nSPS) is 15.7. The van der Waals surface area contributed by atoms with Crippen molar-refractivity contribution >= 4 is 17.5 Å². The van der Waals surface area contributed by atoms with Crippen molar-refractivity contribution < 1.29 is 19.1 Å². The Hall–Kier alpha value is -2.88. The average molecular weight is 336 g/mol. The minimum atomic E-state index is -0.706. The predicted molar refractivity (Wildman–Crippen MR) is 95.6 cm³/mol. The quantitative estimate of drug-likeness (QED) is 0.781. The molecule has 4 nitrogen and oxygen atoms in total. The molecule has 2 aromatic carbocycles. The van der Waals surface area contributed by atoms with Gasteiger partial charge in [-0.25, -0.2) is 0 Å². The average Bonchev–Trinajstić information content (AvgIpc) is 2.87. The molecule has 4 heteroatoms. The molecule has 0 heterocycles. The number of hydrogen-bond donors (Lipinski definition) is 0. The second-order valence-corrected chi connectivity index (χ2v) is 5.94. The Kier molecular flexibility index (Phi) is 4.70. The zero-order chi connectivity index (χ0) is 18.0. The molecular weight excluding hydrogens is 316 g/mol. The molecule has 0 aliphatic heterocycles. The van der Waals surface area contributed by atoms with Crippen molar-refractivity contribution in [3.63, 3.8) is 0 Å². The van der Waals surface area contributed by atoms with E-state index in [0.29, 0.717) is 5.76 Å². The lowest BCUT2D eigenvalue weighted by molar-refractivity contribution is -0.146. The first kappa shape index (κ1) is 17.0. The van der Waals surface area contributed by atoms with Crippen molar-refractivity contribution in [2.45, 2.75) is 26.7 Å². The van der Waals surface area contributed by atoms with Crippen LogP contribution in [0.25, 0.3) is 16.7 Å². The van der Waals surface area contributed by atoms with Crippen molar-refractivity contribution in [2.75, 3.05) is 6.61 Å². The van der Waals surface area contributed by atoms with E-state index in [-0.39, 0.29) is 6.61 Å². The Bertz CT molecular complexity index is 849. The fraction of sp³-hybridized carbons (Fsp3) is 0.238. The Labute approximate surface area is 147 Å². The maximum absolute atomic E-state index is 12.5. The summed E-state index contributed by atoms with van der Waals surface area (Å²) in [7, 11) is 0. The van der Waals surface area contributed by atoms with Crippen molar-refractivity contribution in [2.24, 2.45) is 0 Å². The molecule has 1 aliphatic carbocycles. The number of ether oxygens (including phenoxy) is 2. The Morgan fingerprint density at radius 1 is 1.04 bits per heavy atom. The summed E-state index contributed by atoms with van der Waals surface area (Å²) in [4.78, 5) is 24.0. The highest BCUT2D eigenvalue weighted by molar-refractivity contribution is 5.93. The molecule has 0 saturated heterocycles. The zero-order valence-electron chi connectivity index (χ0n) is 14.5. The molecule has 0 saturated carbocycles. The van der Waals surface area contributed by atoms with Crippen molar-refractivity contribution in [3.05, 3.63) is 65.4 Å². The standard InChI is InChI=1S/C21H20O4/c1-4-24-21(23)19-18-12-16(15-8-6-5-7-9-15)10-11-17(18)13(2)20(19)25-14(3)22/h5-12,19H,4H2,1-3H3. The lowest BCUT2D eigenvalue weighted by Crippen LogP contribution is -2.18. The topological polar surface area (TPSA) is 52.6 Å². The highest BCUT2D eigenvalue weighted by atomic mass is 16.6. The van der Waals surface area contributed by atoms with Gasteiger partial charge in [0.05, 0.1) is 6.61 Å². The van der Waals surface area contributed by atoms with E-state index in [2.05, 4.69) is 0 Å². The molecule has 2 aromatic rings. The number of hydrogen-bond acceptors (Lipinski definition) is 4. The van der Waals surface area contributed by atoms with Gasteiger partial charge < -0.3 is 9.47 Å². The van der Waals surface area contributed by atoms with Crippen LogP contribution in [0, 0.1) is 0 Å². The van der Waals surface area contributed by atoms with Gasteiger partial charge in [0.1, 0.15) is 11.7 Å². The highest BCUT2D eigenvalue weighted by Crippen LogP contribution is 2.44. The molecule has 0 N–H and O–H groups in total. The van der Waals surface area contributed by atoms with E-state index in [1.54, 1.807) is 6.92 Å². The van der Waals surface area contributed by atoms with Gasteiger partial charge >= 0.3 is 11.9 Å². The number of benzene rings is 2. The lowest BCUT2D eigenvalue weighted by atomic mass is 9.94. The fourth-order valence-corrected chi connectivity index (χ4v) is 3.19. The monoisotopic (exact) mass is 336 g/mol. The maximum atomic E-state index is 12.5. The fourth-order valence-electron chi connectivity index (χ4n) is 3.19. The summed E-state index contributed by atoms with van der Waals surface area (Å²) >= 11 is 0. The molecule has 1 atom stereocenters. The highest BCUT2D eigenvalue weighted by Gasteiger charge is 2.38. The summed E-state index contributed by atoms with van der Waals surface area (Å²) in [6, 6.07) is 15.9. The third-order valence-corrected chi connectivity index (χ3v) is 4.28. The first-order valence-corrected chi connectivity index (χ1v) is 8.28. The van der Waals surface area contributed by atoms with Crippen LogP contribution in [0.3, 0.4) is 0 Å². The molecule has 0 amide bonds. The van der Waals surface area contributed by atoms with Crippen molar-refractivity contribution in [1.29, 1.82) is 0 Å². The van der Waals surface area contributed by atoms with Crippen LogP contribution in [-0.4, -0.2) is 18.5 Å². The molecule has 1 aliphatic rings. The summed E-state index contributed by atoms with van der Waals surface area (Å²) in [5.41, 5.74) is 4.59. The largest absolute Gasteiger partial charge is 0.465 e. The van der Waals surface area contributed by atoms with Gasteiger partial charge in [-0.1, -0.05) is 42.5 Å². The van der Waals surface area contributed by atoms with Crippen molar-refractivity contribution in [1.82, 2.24) is 0 Å². The molecule has 0 aromatic heterocycles.